The van der Waals surface area contributed by atoms with Crippen LogP contribution in [0.1, 0.15) is 25.8 Å². The minimum atomic E-state index is 0.544. The molecule has 0 aliphatic heterocycles. The lowest BCUT2D eigenvalue weighted by atomic mass is 10.1. The number of hydrogen-bond acceptors (Lipinski definition) is 6. The second-order valence-electron chi connectivity index (χ2n) is 5.80. The Bertz CT molecular complexity index is 603. The second kappa shape index (κ2) is 8.92. The molecule has 0 atom stereocenters. The Hall–Kier alpha value is -2.37. The first-order valence-electron chi connectivity index (χ1n) is 7.98. The van der Waals surface area contributed by atoms with Crippen LogP contribution in [0.5, 0.6) is 5.75 Å². The van der Waals surface area contributed by atoms with Gasteiger partial charge in [-0.05, 0) is 36.5 Å². The molecule has 0 saturated heterocycles. The first-order valence-corrected chi connectivity index (χ1v) is 7.98. The number of hydrogen-bond donors (Lipinski definition) is 2. The highest BCUT2D eigenvalue weighted by Crippen LogP contribution is 2.13. The zero-order valence-electron chi connectivity index (χ0n) is 14.0. The maximum Gasteiger partial charge on any atom is 0.244 e. The molecule has 0 spiro atoms. The summed E-state index contributed by atoms with van der Waals surface area (Å²) in [6, 6.07) is 8.04. The summed E-state index contributed by atoms with van der Waals surface area (Å²) in [5, 5.41) is 14.5. The van der Waals surface area contributed by atoms with Crippen molar-refractivity contribution < 1.29 is 4.74 Å². The van der Waals surface area contributed by atoms with E-state index in [1.54, 1.807) is 13.3 Å². The van der Waals surface area contributed by atoms with E-state index in [2.05, 4.69) is 45.7 Å². The SMILES string of the molecule is COc1cccc(CCNc2nncc(NCCC(C)C)n2)c1. The Morgan fingerprint density at radius 3 is 2.83 bits per heavy atom. The number of rotatable bonds is 9. The summed E-state index contributed by atoms with van der Waals surface area (Å²) in [5.41, 5.74) is 1.20. The Morgan fingerprint density at radius 2 is 2.04 bits per heavy atom. The molecule has 0 fully saturated rings. The summed E-state index contributed by atoms with van der Waals surface area (Å²) < 4.78 is 5.23. The van der Waals surface area contributed by atoms with E-state index in [-0.39, 0.29) is 0 Å². The lowest BCUT2D eigenvalue weighted by Gasteiger charge is -2.09. The average Bonchev–Trinajstić information content (AvgIpc) is 2.55. The molecule has 2 aromatic rings. The monoisotopic (exact) mass is 315 g/mol. The van der Waals surface area contributed by atoms with Gasteiger partial charge in [0, 0.05) is 13.1 Å². The van der Waals surface area contributed by atoms with Gasteiger partial charge in [-0.25, -0.2) is 0 Å². The van der Waals surface area contributed by atoms with Gasteiger partial charge in [-0.2, -0.15) is 10.1 Å². The summed E-state index contributed by atoms with van der Waals surface area (Å²) in [6.07, 6.45) is 3.61. The van der Waals surface area contributed by atoms with Crippen molar-refractivity contribution in [3.05, 3.63) is 36.0 Å². The zero-order chi connectivity index (χ0) is 16.5. The van der Waals surface area contributed by atoms with E-state index in [9.17, 15) is 0 Å². The van der Waals surface area contributed by atoms with Gasteiger partial charge in [0.25, 0.3) is 0 Å². The molecule has 1 aromatic heterocycles. The summed E-state index contributed by atoms with van der Waals surface area (Å²) in [6.45, 7) is 6.03. The molecule has 0 saturated carbocycles. The van der Waals surface area contributed by atoms with Crippen LogP contribution < -0.4 is 15.4 Å². The van der Waals surface area contributed by atoms with Gasteiger partial charge in [0.1, 0.15) is 11.6 Å². The smallest absolute Gasteiger partial charge is 0.244 e. The van der Waals surface area contributed by atoms with Gasteiger partial charge in [-0.3, -0.25) is 0 Å². The van der Waals surface area contributed by atoms with Gasteiger partial charge in [0.05, 0.1) is 13.3 Å². The minimum Gasteiger partial charge on any atom is -0.497 e. The number of nitrogens with zero attached hydrogens (tertiary/aromatic N) is 3. The molecule has 6 heteroatoms. The van der Waals surface area contributed by atoms with Crippen molar-refractivity contribution in [3.63, 3.8) is 0 Å². The quantitative estimate of drug-likeness (QED) is 0.741. The fourth-order valence-corrected chi connectivity index (χ4v) is 2.10. The van der Waals surface area contributed by atoms with Crippen molar-refractivity contribution >= 4 is 11.8 Å². The topological polar surface area (TPSA) is 72.0 Å². The van der Waals surface area contributed by atoms with Crippen molar-refractivity contribution in [2.24, 2.45) is 5.92 Å². The Morgan fingerprint density at radius 1 is 1.17 bits per heavy atom. The highest BCUT2D eigenvalue weighted by Gasteiger charge is 2.02. The van der Waals surface area contributed by atoms with Crippen LogP contribution in [-0.4, -0.2) is 35.4 Å². The van der Waals surface area contributed by atoms with E-state index in [0.717, 1.165) is 37.5 Å². The van der Waals surface area contributed by atoms with Gasteiger partial charge in [0.15, 0.2) is 0 Å². The number of benzene rings is 1. The standard InChI is InChI=1S/C17H25N5O/c1-13(2)7-9-18-16-12-20-22-17(21-16)19-10-8-14-5-4-6-15(11-14)23-3/h4-6,11-13H,7-10H2,1-3H3,(H2,18,19,21,22). The van der Waals surface area contributed by atoms with Crippen molar-refractivity contribution in [1.82, 2.24) is 15.2 Å². The minimum absolute atomic E-state index is 0.544. The van der Waals surface area contributed by atoms with Crippen molar-refractivity contribution in [2.45, 2.75) is 26.7 Å². The fourth-order valence-electron chi connectivity index (χ4n) is 2.10. The molecular weight excluding hydrogens is 290 g/mol. The fraction of sp³-hybridized carbons (Fsp3) is 0.471. The van der Waals surface area contributed by atoms with Crippen LogP contribution in [0.15, 0.2) is 30.5 Å². The van der Waals surface area contributed by atoms with Gasteiger partial charge in [-0.1, -0.05) is 26.0 Å². The normalized spacial score (nSPS) is 10.6. The van der Waals surface area contributed by atoms with E-state index < -0.39 is 0 Å². The molecule has 0 aliphatic rings. The van der Waals surface area contributed by atoms with Gasteiger partial charge in [0.2, 0.25) is 5.95 Å². The molecule has 0 radical (unpaired) electrons. The van der Waals surface area contributed by atoms with Crippen LogP contribution in [0, 0.1) is 5.92 Å². The maximum atomic E-state index is 5.23. The molecule has 0 amide bonds. The molecule has 0 unspecified atom stereocenters. The van der Waals surface area contributed by atoms with E-state index in [0.29, 0.717) is 11.9 Å². The van der Waals surface area contributed by atoms with Crippen molar-refractivity contribution in [3.8, 4) is 5.75 Å². The van der Waals surface area contributed by atoms with Crippen LogP contribution in [-0.2, 0) is 6.42 Å². The van der Waals surface area contributed by atoms with Crippen LogP contribution in [0.2, 0.25) is 0 Å². The van der Waals surface area contributed by atoms with E-state index in [4.69, 9.17) is 4.74 Å². The average molecular weight is 315 g/mol. The molecule has 1 aromatic carbocycles. The third-order valence-corrected chi connectivity index (χ3v) is 3.42. The van der Waals surface area contributed by atoms with E-state index >= 15 is 0 Å². The van der Waals surface area contributed by atoms with E-state index in [1.807, 2.05) is 18.2 Å². The van der Waals surface area contributed by atoms with Gasteiger partial charge >= 0.3 is 0 Å². The van der Waals surface area contributed by atoms with Crippen LogP contribution >= 0.6 is 0 Å². The van der Waals surface area contributed by atoms with E-state index in [1.165, 1.54) is 5.56 Å². The highest BCUT2D eigenvalue weighted by atomic mass is 16.5. The predicted molar refractivity (Wildman–Crippen MR) is 93.0 cm³/mol. The Balaban J connectivity index is 1.81. The first kappa shape index (κ1) is 17.0. The molecule has 2 rings (SSSR count). The zero-order valence-corrected chi connectivity index (χ0v) is 14.0. The number of methoxy groups -OCH3 is 1. The maximum absolute atomic E-state index is 5.23. The first-order chi connectivity index (χ1) is 11.2. The largest absolute Gasteiger partial charge is 0.497 e. The van der Waals surface area contributed by atoms with Crippen LogP contribution in [0.25, 0.3) is 0 Å². The summed E-state index contributed by atoms with van der Waals surface area (Å²) in [4.78, 5) is 4.41. The number of nitrogens with one attached hydrogen (secondary N) is 2. The summed E-state index contributed by atoms with van der Waals surface area (Å²) in [5.74, 6) is 2.83. The van der Waals surface area contributed by atoms with Crippen molar-refractivity contribution in [2.75, 3.05) is 30.8 Å². The molecule has 6 nitrogen and oxygen atoms in total. The molecule has 23 heavy (non-hydrogen) atoms. The van der Waals surface area contributed by atoms with Crippen LogP contribution in [0.3, 0.4) is 0 Å². The molecule has 2 N–H and O–H groups in total. The molecule has 124 valence electrons. The van der Waals surface area contributed by atoms with Crippen molar-refractivity contribution in [1.29, 1.82) is 0 Å². The van der Waals surface area contributed by atoms with Gasteiger partial charge < -0.3 is 15.4 Å². The van der Waals surface area contributed by atoms with Crippen LogP contribution in [0.4, 0.5) is 11.8 Å². The number of anilines is 2. The number of ether oxygens (including phenoxy) is 1. The molecule has 1 heterocycles. The van der Waals surface area contributed by atoms with Gasteiger partial charge in [-0.15, -0.1) is 5.10 Å². The highest BCUT2D eigenvalue weighted by molar-refractivity contribution is 5.37. The Labute approximate surface area is 137 Å². The lowest BCUT2D eigenvalue weighted by Crippen LogP contribution is -2.11. The Kier molecular flexibility index (Phi) is 6.59. The summed E-state index contributed by atoms with van der Waals surface area (Å²) in [7, 11) is 1.68. The lowest BCUT2D eigenvalue weighted by molar-refractivity contribution is 0.414. The predicted octanol–water partition coefficient (Wildman–Crippen LogP) is 2.99. The summed E-state index contributed by atoms with van der Waals surface area (Å²) >= 11 is 0. The molecular formula is C17H25N5O. The second-order valence-corrected chi connectivity index (χ2v) is 5.80. The number of aromatic nitrogens is 3. The third-order valence-electron chi connectivity index (χ3n) is 3.42. The molecule has 0 bridgehead atoms. The third kappa shape index (κ3) is 6.10. The molecule has 0 aliphatic carbocycles.